The number of carbonyl (C=O) groups excluding carboxylic acids is 1. The van der Waals surface area contributed by atoms with E-state index in [0.29, 0.717) is 0 Å². The van der Waals surface area contributed by atoms with Crippen molar-refractivity contribution in [3.05, 3.63) is 41.5 Å². The Kier molecular flexibility index (Phi) is 3.58. The van der Waals surface area contributed by atoms with Crippen LogP contribution in [0.15, 0.2) is 30.3 Å². The third kappa shape index (κ3) is 2.48. The third-order valence-corrected chi connectivity index (χ3v) is 4.20. The summed E-state index contributed by atoms with van der Waals surface area (Å²) in [5.41, 5.74) is 2.51. The van der Waals surface area contributed by atoms with Crippen LogP contribution in [0.5, 0.6) is 5.75 Å². The first-order chi connectivity index (χ1) is 10.1. The number of ether oxygens (including phenoxy) is 1. The Morgan fingerprint density at radius 3 is 2.76 bits per heavy atom. The van der Waals surface area contributed by atoms with Gasteiger partial charge in [0.2, 0.25) is 5.91 Å². The second-order valence-corrected chi connectivity index (χ2v) is 6.03. The smallest absolute Gasteiger partial charge is 0.222 e. The highest BCUT2D eigenvalue weighted by molar-refractivity contribution is 5.92. The lowest BCUT2D eigenvalue weighted by Crippen LogP contribution is -2.41. The molecule has 3 heteroatoms. The van der Waals surface area contributed by atoms with Crippen molar-refractivity contribution in [2.45, 2.75) is 32.7 Å². The van der Waals surface area contributed by atoms with Gasteiger partial charge in [0.25, 0.3) is 0 Å². The average molecular weight is 283 g/mol. The molecule has 2 aromatic carbocycles. The van der Waals surface area contributed by atoms with Gasteiger partial charge in [0, 0.05) is 17.5 Å². The maximum absolute atomic E-state index is 12.0. The average Bonchev–Trinajstić information content (AvgIpc) is 2.47. The lowest BCUT2D eigenvalue weighted by atomic mass is 9.85. The van der Waals surface area contributed by atoms with Crippen LogP contribution in [0.2, 0.25) is 0 Å². The summed E-state index contributed by atoms with van der Waals surface area (Å²) in [4.78, 5) is 12.0. The molecule has 0 aromatic heterocycles. The molecule has 0 saturated heterocycles. The first-order valence-corrected chi connectivity index (χ1v) is 7.48. The molecule has 1 N–H and O–H groups in total. The van der Waals surface area contributed by atoms with Crippen molar-refractivity contribution in [1.82, 2.24) is 5.32 Å². The lowest BCUT2D eigenvalue weighted by Gasteiger charge is -2.28. The van der Waals surface area contributed by atoms with Gasteiger partial charge in [0.1, 0.15) is 5.75 Å². The minimum atomic E-state index is 0.0138. The Bertz CT molecular complexity index is 691. The number of carbonyl (C=O) groups is 1. The fourth-order valence-corrected chi connectivity index (χ4v) is 3.13. The van der Waals surface area contributed by atoms with Crippen molar-refractivity contribution < 1.29 is 9.53 Å². The largest absolute Gasteiger partial charge is 0.496 e. The van der Waals surface area contributed by atoms with E-state index in [-0.39, 0.29) is 17.9 Å². The van der Waals surface area contributed by atoms with E-state index in [2.05, 4.69) is 29.6 Å². The van der Waals surface area contributed by atoms with Crippen molar-refractivity contribution >= 4 is 16.7 Å². The second-order valence-electron chi connectivity index (χ2n) is 6.03. The van der Waals surface area contributed by atoms with Gasteiger partial charge in [-0.05, 0) is 35.2 Å². The standard InChI is InChI=1S/C18H21NO2/c1-11(2)18(20)19-14-9-13-6-4-5-12-7-8-16(21-3)15(10-14)17(12)13/h4-8,11,14H,9-10H2,1-3H3,(H,19,20). The summed E-state index contributed by atoms with van der Waals surface area (Å²) in [7, 11) is 1.70. The Balaban J connectivity index is 2.01. The summed E-state index contributed by atoms with van der Waals surface area (Å²) >= 11 is 0. The summed E-state index contributed by atoms with van der Waals surface area (Å²) in [6.07, 6.45) is 1.71. The molecule has 1 aliphatic carbocycles. The number of nitrogens with one attached hydrogen (secondary N) is 1. The van der Waals surface area contributed by atoms with Crippen molar-refractivity contribution in [2.24, 2.45) is 5.92 Å². The molecule has 0 spiro atoms. The first-order valence-electron chi connectivity index (χ1n) is 7.48. The maximum Gasteiger partial charge on any atom is 0.222 e. The zero-order valence-corrected chi connectivity index (χ0v) is 12.8. The zero-order valence-electron chi connectivity index (χ0n) is 12.8. The summed E-state index contributed by atoms with van der Waals surface area (Å²) in [5.74, 6) is 1.05. The topological polar surface area (TPSA) is 38.3 Å². The number of hydrogen-bond acceptors (Lipinski definition) is 2. The van der Waals surface area contributed by atoms with Crippen LogP contribution >= 0.6 is 0 Å². The second kappa shape index (κ2) is 5.40. The van der Waals surface area contributed by atoms with Crippen LogP contribution in [0.25, 0.3) is 10.8 Å². The van der Waals surface area contributed by atoms with Gasteiger partial charge in [0.15, 0.2) is 0 Å². The van der Waals surface area contributed by atoms with E-state index in [4.69, 9.17) is 4.74 Å². The summed E-state index contributed by atoms with van der Waals surface area (Å²) < 4.78 is 5.52. The Hall–Kier alpha value is -2.03. The minimum Gasteiger partial charge on any atom is -0.496 e. The van der Waals surface area contributed by atoms with Gasteiger partial charge >= 0.3 is 0 Å². The predicted octanol–water partition coefficient (Wildman–Crippen LogP) is 3.09. The fraction of sp³-hybridized carbons (Fsp3) is 0.389. The van der Waals surface area contributed by atoms with E-state index >= 15 is 0 Å². The molecule has 0 radical (unpaired) electrons. The van der Waals surface area contributed by atoms with Gasteiger partial charge < -0.3 is 10.1 Å². The molecule has 21 heavy (non-hydrogen) atoms. The van der Waals surface area contributed by atoms with Crippen LogP contribution in [0, 0.1) is 5.92 Å². The zero-order chi connectivity index (χ0) is 15.0. The molecule has 110 valence electrons. The van der Waals surface area contributed by atoms with Crippen molar-refractivity contribution in [2.75, 3.05) is 7.11 Å². The number of amides is 1. The number of rotatable bonds is 3. The Morgan fingerprint density at radius 2 is 2.05 bits per heavy atom. The molecule has 1 atom stereocenters. The van der Waals surface area contributed by atoms with E-state index in [9.17, 15) is 4.79 Å². The first kappa shape index (κ1) is 13.9. The van der Waals surface area contributed by atoms with Crippen LogP contribution in [-0.4, -0.2) is 19.1 Å². The summed E-state index contributed by atoms with van der Waals surface area (Å²) in [6, 6.07) is 10.6. The molecule has 0 bridgehead atoms. The van der Waals surface area contributed by atoms with E-state index in [0.717, 1.165) is 18.6 Å². The van der Waals surface area contributed by atoms with Gasteiger partial charge in [-0.1, -0.05) is 38.1 Å². The van der Waals surface area contributed by atoms with E-state index in [1.54, 1.807) is 7.11 Å². The van der Waals surface area contributed by atoms with Crippen molar-refractivity contribution in [3.8, 4) is 5.75 Å². The molecule has 1 aliphatic rings. The Labute approximate surface area is 125 Å². The van der Waals surface area contributed by atoms with E-state index in [1.165, 1.54) is 21.9 Å². The fourth-order valence-electron chi connectivity index (χ4n) is 3.13. The van der Waals surface area contributed by atoms with E-state index in [1.807, 2.05) is 19.9 Å². The Morgan fingerprint density at radius 1 is 1.24 bits per heavy atom. The van der Waals surface area contributed by atoms with Gasteiger partial charge in [-0.25, -0.2) is 0 Å². The maximum atomic E-state index is 12.0. The monoisotopic (exact) mass is 283 g/mol. The molecule has 2 aromatic rings. The molecule has 0 heterocycles. The molecule has 3 rings (SSSR count). The van der Waals surface area contributed by atoms with Gasteiger partial charge in [-0.2, -0.15) is 0 Å². The van der Waals surface area contributed by atoms with Gasteiger partial charge in [0.05, 0.1) is 7.11 Å². The van der Waals surface area contributed by atoms with Crippen molar-refractivity contribution in [1.29, 1.82) is 0 Å². The molecule has 0 fully saturated rings. The molecule has 3 nitrogen and oxygen atoms in total. The highest BCUT2D eigenvalue weighted by Gasteiger charge is 2.25. The summed E-state index contributed by atoms with van der Waals surface area (Å²) in [5, 5.41) is 5.70. The van der Waals surface area contributed by atoms with Crippen LogP contribution in [0.1, 0.15) is 25.0 Å². The molecule has 1 amide bonds. The highest BCUT2D eigenvalue weighted by Crippen LogP contribution is 2.35. The molecular weight excluding hydrogens is 262 g/mol. The van der Waals surface area contributed by atoms with Gasteiger partial charge in [-0.3, -0.25) is 4.79 Å². The SMILES string of the molecule is COc1ccc2cccc3c2c1CC(NC(=O)C(C)C)C3. The van der Waals surface area contributed by atoms with Crippen LogP contribution in [-0.2, 0) is 17.6 Å². The lowest BCUT2D eigenvalue weighted by molar-refractivity contribution is -0.124. The molecular formula is C18H21NO2. The van der Waals surface area contributed by atoms with Crippen LogP contribution in [0.4, 0.5) is 0 Å². The van der Waals surface area contributed by atoms with Crippen LogP contribution in [0.3, 0.4) is 0 Å². The summed E-state index contributed by atoms with van der Waals surface area (Å²) in [6.45, 7) is 3.85. The number of benzene rings is 2. The van der Waals surface area contributed by atoms with E-state index < -0.39 is 0 Å². The third-order valence-electron chi connectivity index (χ3n) is 4.20. The van der Waals surface area contributed by atoms with Crippen molar-refractivity contribution in [3.63, 3.8) is 0 Å². The number of hydrogen-bond donors (Lipinski definition) is 1. The normalized spacial score (nSPS) is 17.0. The highest BCUT2D eigenvalue weighted by atomic mass is 16.5. The minimum absolute atomic E-state index is 0.0138. The number of methoxy groups -OCH3 is 1. The van der Waals surface area contributed by atoms with Crippen LogP contribution < -0.4 is 10.1 Å². The molecule has 0 aliphatic heterocycles. The molecule has 1 unspecified atom stereocenters. The molecule has 0 saturated carbocycles. The van der Waals surface area contributed by atoms with Gasteiger partial charge in [-0.15, -0.1) is 0 Å². The quantitative estimate of drug-likeness (QED) is 0.940. The predicted molar refractivity (Wildman–Crippen MR) is 84.7 cm³/mol.